The molecule has 0 unspecified atom stereocenters. The summed E-state index contributed by atoms with van der Waals surface area (Å²) in [6, 6.07) is 15.6. The van der Waals surface area contributed by atoms with Crippen LogP contribution >= 0.6 is 0 Å². The van der Waals surface area contributed by atoms with E-state index < -0.39 is 20.0 Å². The van der Waals surface area contributed by atoms with Gasteiger partial charge in [-0.15, -0.1) is 0 Å². The van der Waals surface area contributed by atoms with Gasteiger partial charge in [-0.1, -0.05) is 24.3 Å². The van der Waals surface area contributed by atoms with E-state index in [0.29, 0.717) is 6.42 Å². The molecule has 1 aromatic heterocycles. The predicted molar refractivity (Wildman–Crippen MR) is 159 cm³/mol. The van der Waals surface area contributed by atoms with Gasteiger partial charge in [0.05, 0.1) is 17.7 Å². The fourth-order valence-electron chi connectivity index (χ4n) is 3.32. The van der Waals surface area contributed by atoms with Crippen LogP contribution in [0.25, 0.3) is 10.9 Å². The van der Waals surface area contributed by atoms with Gasteiger partial charge in [-0.05, 0) is 74.5 Å². The Morgan fingerprint density at radius 1 is 1.03 bits per heavy atom. The molecule has 13 heteroatoms. The number of hydrogen-bond donors (Lipinski definition) is 5. The maximum Gasteiger partial charge on any atom is 0.215 e. The molecule has 3 rings (SSSR count). The number of nitrogens with one attached hydrogen (secondary N) is 2. The Balaban J connectivity index is 0.000000340. The van der Waals surface area contributed by atoms with Gasteiger partial charge >= 0.3 is 0 Å². The molecule has 39 heavy (non-hydrogen) atoms. The van der Waals surface area contributed by atoms with Crippen molar-refractivity contribution in [3.05, 3.63) is 65.9 Å². The summed E-state index contributed by atoms with van der Waals surface area (Å²) in [6.45, 7) is 0.420. The van der Waals surface area contributed by atoms with Crippen LogP contribution < -0.4 is 14.9 Å². The van der Waals surface area contributed by atoms with Crippen LogP contribution in [-0.2, 0) is 32.2 Å². The number of aliphatic hydroxyl groups excluding tert-OH is 2. The number of nitrogens with two attached hydrogens (primary N) is 1. The molecule has 0 radical (unpaired) electrons. The van der Waals surface area contributed by atoms with Crippen LogP contribution in [0.4, 0.5) is 5.69 Å². The number of para-hydroxylation sites is 1. The first-order valence-corrected chi connectivity index (χ1v) is 16.0. The summed E-state index contributed by atoms with van der Waals surface area (Å²) in [4.78, 5) is 3.15. The molecule has 6 N–H and O–H groups in total. The second-order valence-corrected chi connectivity index (χ2v) is 12.3. The molecule has 2 aromatic carbocycles. The van der Waals surface area contributed by atoms with Gasteiger partial charge in [0.1, 0.15) is 0 Å². The summed E-state index contributed by atoms with van der Waals surface area (Å²) in [5.74, 6) is -0.0237. The monoisotopic (exact) mass is 583 g/mol. The molecule has 0 bridgehead atoms. The molecule has 0 aliphatic heterocycles. The van der Waals surface area contributed by atoms with E-state index in [2.05, 4.69) is 19.9 Å². The minimum atomic E-state index is -3.25. The topological polar surface area (TPSA) is 178 Å². The molecule has 0 amide bonds. The zero-order chi connectivity index (χ0) is 29.3. The van der Waals surface area contributed by atoms with Crippen LogP contribution in [0.5, 0.6) is 0 Å². The van der Waals surface area contributed by atoms with Crippen molar-refractivity contribution in [2.24, 2.45) is 10.2 Å². The lowest BCUT2D eigenvalue weighted by Crippen LogP contribution is -2.20. The number of fused-ring (bicyclic) bond motifs is 1. The van der Waals surface area contributed by atoms with Gasteiger partial charge in [-0.3, -0.25) is 5.01 Å². The highest BCUT2D eigenvalue weighted by molar-refractivity contribution is 7.88. The Morgan fingerprint density at radius 2 is 1.67 bits per heavy atom. The second-order valence-electron chi connectivity index (χ2n) is 8.69. The number of rotatable bonds is 12. The molecule has 0 saturated heterocycles. The van der Waals surface area contributed by atoms with Crippen LogP contribution in [0, 0.1) is 0 Å². The number of sulfonamides is 2. The van der Waals surface area contributed by atoms with Crippen LogP contribution in [0.1, 0.15) is 36.8 Å². The number of unbranched alkanes of at least 4 members (excludes halogenated alkanes) is 2. The van der Waals surface area contributed by atoms with Crippen LogP contribution in [0.2, 0.25) is 0 Å². The van der Waals surface area contributed by atoms with Crippen molar-refractivity contribution in [3.63, 3.8) is 0 Å². The van der Waals surface area contributed by atoms with Crippen LogP contribution in [0.3, 0.4) is 0 Å². The summed E-state index contributed by atoms with van der Waals surface area (Å²) in [5.41, 5.74) is 3.92. The molecule has 0 atom stereocenters. The van der Waals surface area contributed by atoms with E-state index in [1.165, 1.54) is 7.05 Å². The number of hydrogen-bond acceptors (Lipinski definition) is 8. The molecule has 0 fully saturated rings. The zero-order valence-electron chi connectivity index (χ0n) is 22.7. The molecule has 0 spiro atoms. The van der Waals surface area contributed by atoms with E-state index in [-0.39, 0.29) is 19.0 Å². The van der Waals surface area contributed by atoms with Gasteiger partial charge in [-0.2, -0.15) is 5.10 Å². The number of aliphatic hydroxyl groups is 2. The van der Waals surface area contributed by atoms with Crippen molar-refractivity contribution in [3.8, 4) is 0 Å². The predicted octanol–water partition coefficient (Wildman–Crippen LogP) is 2.32. The number of aromatic amines is 1. The van der Waals surface area contributed by atoms with Gasteiger partial charge in [0.2, 0.25) is 20.0 Å². The molecule has 3 aromatic rings. The van der Waals surface area contributed by atoms with Crippen molar-refractivity contribution in [2.75, 3.05) is 38.6 Å². The van der Waals surface area contributed by atoms with E-state index in [9.17, 15) is 16.8 Å². The normalized spacial score (nSPS) is 11.5. The van der Waals surface area contributed by atoms with Gasteiger partial charge in [0, 0.05) is 43.6 Å². The van der Waals surface area contributed by atoms with E-state index >= 15 is 0 Å². The highest BCUT2D eigenvalue weighted by Gasteiger charge is 2.10. The number of aromatic nitrogens is 1. The molecule has 218 valence electrons. The standard InChI is InChI=1S/C13H18N2O3S.C12H18N2O.CH5NO2S/c1-14-19(17,18)9-10-4-5-13-12(7-10)11(8-15-13)3-2-6-16;1-14(12-8-4-2-5-9-12)13-10-6-3-7-11-15;1-5(2,3)4/h4-5,7-8,14-16H,2-3,6,9H2,1H3;2,4-5,8-10,15H,3,6-7,11H2,1H3;1H3,(H2,2,3,4)/b;13-10-;. The smallest absolute Gasteiger partial charge is 0.215 e. The van der Waals surface area contributed by atoms with Crippen molar-refractivity contribution >= 4 is 42.9 Å². The summed E-state index contributed by atoms with van der Waals surface area (Å²) in [7, 11) is -3.08. The minimum absolute atomic E-state index is 0.0237. The lowest BCUT2D eigenvalue weighted by molar-refractivity contribution is 0.285. The fraction of sp³-hybridized carbons (Fsp3) is 0.423. The highest BCUT2D eigenvalue weighted by atomic mass is 32.2. The average Bonchev–Trinajstić information content (AvgIpc) is 3.29. The fourth-order valence-corrected chi connectivity index (χ4v) is 4.08. The number of nitrogens with zero attached hydrogens (tertiary/aromatic N) is 2. The number of hydrazone groups is 1. The number of anilines is 1. The number of H-pyrrole nitrogens is 1. The molecule has 0 saturated carbocycles. The first-order valence-electron chi connectivity index (χ1n) is 12.4. The number of primary sulfonamides is 1. The van der Waals surface area contributed by atoms with Crippen molar-refractivity contribution in [1.82, 2.24) is 9.71 Å². The summed E-state index contributed by atoms with van der Waals surface area (Å²) in [5, 5.41) is 29.0. The van der Waals surface area contributed by atoms with Crippen LogP contribution in [-0.4, -0.2) is 71.8 Å². The molecule has 0 aliphatic carbocycles. The third-order valence-corrected chi connectivity index (χ3v) is 6.57. The molecule has 0 aliphatic rings. The van der Waals surface area contributed by atoms with Gasteiger partial charge in [0.25, 0.3) is 0 Å². The van der Waals surface area contributed by atoms with Gasteiger partial charge in [0.15, 0.2) is 0 Å². The average molecular weight is 584 g/mol. The lowest BCUT2D eigenvalue weighted by Gasteiger charge is -2.11. The molecular formula is C26H41N5O6S2. The molecular weight excluding hydrogens is 542 g/mol. The van der Waals surface area contributed by atoms with Gasteiger partial charge < -0.3 is 15.2 Å². The van der Waals surface area contributed by atoms with Crippen LogP contribution in [0.15, 0.2) is 59.8 Å². The minimum Gasteiger partial charge on any atom is -0.396 e. The Morgan fingerprint density at radius 3 is 2.26 bits per heavy atom. The Labute approximate surface area is 231 Å². The molecule has 1 heterocycles. The van der Waals surface area contributed by atoms with E-state index in [4.69, 9.17) is 10.2 Å². The zero-order valence-corrected chi connectivity index (χ0v) is 24.4. The van der Waals surface area contributed by atoms with Crippen molar-refractivity contribution in [2.45, 2.75) is 37.9 Å². The summed E-state index contributed by atoms with van der Waals surface area (Å²) in [6.07, 6.45) is 8.97. The molecule has 11 nitrogen and oxygen atoms in total. The van der Waals surface area contributed by atoms with E-state index in [1.807, 2.05) is 73.0 Å². The summed E-state index contributed by atoms with van der Waals surface area (Å²) >= 11 is 0. The maximum absolute atomic E-state index is 11.5. The van der Waals surface area contributed by atoms with Gasteiger partial charge in [-0.25, -0.2) is 26.7 Å². The number of benzene rings is 2. The Bertz CT molecular complexity index is 1340. The second kappa shape index (κ2) is 17.7. The maximum atomic E-state index is 11.5. The highest BCUT2D eigenvalue weighted by Crippen LogP contribution is 2.22. The quantitative estimate of drug-likeness (QED) is 0.123. The van der Waals surface area contributed by atoms with Crippen molar-refractivity contribution < 1.29 is 27.0 Å². The summed E-state index contributed by atoms with van der Waals surface area (Å²) < 4.78 is 44.2. The lowest BCUT2D eigenvalue weighted by atomic mass is 10.1. The Kier molecular flexibility index (Phi) is 15.5. The SMILES string of the molecule is CN(/N=C\CCCCO)c1ccccc1.CNS(=O)(=O)Cc1ccc2[nH]cc(CCCO)c2c1.CS(N)(=O)=O. The first kappa shape index (κ1) is 34.2. The third-order valence-electron chi connectivity index (χ3n) is 5.23. The van der Waals surface area contributed by atoms with E-state index in [0.717, 1.165) is 59.7 Å². The third kappa shape index (κ3) is 15.4. The first-order chi connectivity index (χ1) is 18.4. The Hall–Kier alpha value is -2.81. The van der Waals surface area contributed by atoms with Crippen molar-refractivity contribution in [1.29, 1.82) is 0 Å². The largest absolute Gasteiger partial charge is 0.396 e. The van der Waals surface area contributed by atoms with E-state index in [1.54, 1.807) is 0 Å². The number of aryl methyl sites for hydroxylation is 1.